The summed E-state index contributed by atoms with van der Waals surface area (Å²) >= 11 is 0. The van der Waals surface area contributed by atoms with Crippen LogP contribution in [0.5, 0.6) is 5.88 Å². The molecule has 1 aliphatic heterocycles. The van der Waals surface area contributed by atoms with Gasteiger partial charge in [-0.1, -0.05) is 32.9 Å². The Kier molecular flexibility index (Phi) is 4.88. The lowest BCUT2D eigenvalue weighted by Gasteiger charge is -2.20. The van der Waals surface area contributed by atoms with Gasteiger partial charge in [-0.3, -0.25) is 4.98 Å². The van der Waals surface area contributed by atoms with E-state index in [1.165, 1.54) is 5.56 Å². The van der Waals surface area contributed by atoms with Crippen LogP contribution in [0.4, 0.5) is 10.5 Å². The summed E-state index contributed by atoms with van der Waals surface area (Å²) in [6, 6.07) is 7.90. The van der Waals surface area contributed by atoms with E-state index in [-0.39, 0.29) is 17.6 Å². The van der Waals surface area contributed by atoms with Crippen LogP contribution in [0.1, 0.15) is 32.8 Å². The minimum atomic E-state index is -0.103. The summed E-state index contributed by atoms with van der Waals surface area (Å²) in [4.78, 5) is 22.3. The molecule has 1 aromatic heterocycles. The third kappa shape index (κ3) is 4.47. The van der Waals surface area contributed by atoms with Gasteiger partial charge in [-0.25, -0.2) is 9.78 Å². The molecule has 6 heteroatoms. The number of rotatable bonds is 3. The van der Waals surface area contributed by atoms with Gasteiger partial charge in [0, 0.05) is 31.0 Å². The molecule has 2 heterocycles. The quantitative estimate of drug-likeness (QED) is 0.929. The molecule has 1 aliphatic rings. The number of aromatic nitrogens is 2. The molecule has 0 saturated carbocycles. The fourth-order valence-electron chi connectivity index (χ4n) is 2.78. The largest absolute Gasteiger partial charge is 0.471 e. The zero-order valence-corrected chi connectivity index (χ0v) is 14.9. The molecule has 0 radical (unpaired) electrons. The summed E-state index contributed by atoms with van der Waals surface area (Å²) in [7, 11) is 0. The first kappa shape index (κ1) is 17.2. The molecule has 2 aromatic rings. The third-order valence-electron chi connectivity index (χ3n) is 4.26. The lowest BCUT2D eigenvalue weighted by Crippen LogP contribution is -2.34. The molecule has 3 rings (SSSR count). The van der Waals surface area contributed by atoms with Gasteiger partial charge in [0.25, 0.3) is 0 Å². The molecule has 25 heavy (non-hydrogen) atoms. The molecule has 0 bridgehead atoms. The van der Waals surface area contributed by atoms with E-state index in [0.717, 1.165) is 12.1 Å². The van der Waals surface area contributed by atoms with Gasteiger partial charge in [-0.15, -0.1) is 0 Å². The molecule has 1 aromatic carbocycles. The highest BCUT2D eigenvalue weighted by molar-refractivity contribution is 5.89. The first-order chi connectivity index (χ1) is 11.9. The number of hydrogen-bond acceptors (Lipinski definition) is 4. The maximum atomic E-state index is 12.4. The molecule has 1 saturated heterocycles. The lowest BCUT2D eigenvalue weighted by molar-refractivity contribution is 0.189. The number of hydrogen-bond donors (Lipinski definition) is 1. The maximum absolute atomic E-state index is 12.4. The fraction of sp³-hybridized carbons (Fsp3) is 0.421. The number of nitrogens with one attached hydrogen (secondary N) is 1. The van der Waals surface area contributed by atoms with Gasteiger partial charge >= 0.3 is 6.03 Å². The van der Waals surface area contributed by atoms with Crippen LogP contribution in [0, 0.1) is 0 Å². The minimum Gasteiger partial charge on any atom is -0.471 e. The smallest absolute Gasteiger partial charge is 0.321 e. The van der Waals surface area contributed by atoms with Crippen molar-refractivity contribution < 1.29 is 9.53 Å². The van der Waals surface area contributed by atoms with Crippen molar-refractivity contribution in [1.82, 2.24) is 14.9 Å². The number of nitrogens with zero attached hydrogens (tertiary/aromatic N) is 3. The van der Waals surface area contributed by atoms with Crippen molar-refractivity contribution in [2.45, 2.75) is 38.7 Å². The number of benzene rings is 1. The van der Waals surface area contributed by atoms with E-state index < -0.39 is 0 Å². The van der Waals surface area contributed by atoms with E-state index in [9.17, 15) is 4.79 Å². The van der Waals surface area contributed by atoms with Crippen LogP contribution in [0.25, 0.3) is 0 Å². The minimum absolute atomic E-state index is 0.0503. The highest BCUT2D eigenvalue weighted by Gasteiger charge is 2.28. The molecule has 0 spiro atoms. The first-order valence-corrected chi connectivity index (χ1v) is 8.51. The summed E-state index contributed by atoms with van der Waals surface area (Å²) in [6.45, 7) is 7.71. The Hall–Kier alpha value is -2.63. The summed E-state index contributed by atoms with van der Waals surface area (Å²) < 4.78 is 5.76. The molecule has 1 N–H and O–H groups in total. The van der Waals surface area contributed by atoms with Crippen molar-refractivity contribution in [1.29, 1.82) is 0 Å². The molecule has 1 fully saturated rings. The predicted molar refractivity (Wildman–Crippen MR) is 96.8 cm³/mol. The van der Waals surface area contributed by atoms with Crippen molar-refractivity contribution >= 4 is 11.7 Å². The predicted octanol–water partition coefficient (Wildman–Crippen LogP) is 3.46. The van der Waals surface area contributed by atoms with E-state index >= 15 is 0 Å². The Labute approximate surface area is 148 Å². The summed E-state index contributed by atoms with van der Waals surface area (Å²) in [5.41, 5.74) is 2.14. The second kappa shape index (κ2) is 7.09. The first-order valence-electron chi connectivity index (χ1n) is 8.51. The number of likely N-dealkylation sites (tertiary alicyclic amines) is 1. The highest BCUT2D eigenvalue weighted by Crippen LogP contribution is 2.24. The van der Waals surface area contributed by atoms with Crippen molar-refractivity contribution in [2.24, 2.45) is 0 Å². The van der Waals surface area contributed by atoms with E-state index in [1.54, 1.807) is 23.5 Å². The van der Waals surface area contributed by atoms with Crippen molar-refractivity contribution in [3.63, 3.8) is 0 Å². The number of carbonyl (C=O) groups excluding carboxylic acids is 1. The maximum Gasteiger partial charge on any atom is 0.321 e. The number of urea groups is 1. The van der Waals surface area contributed by atoms with Crippen molar-refractivity contribution in [2.75, 3.05) is 18.4 Å². The van der Waals surface area contributed by atoms with E-state index in [0.29, 0.717) is 19.0 Å². The van der Waals surface area contributed by atoms with Crippen LogP contribution < -0.4 is 10.1 Å². The van der Waals surface area contributed by atoms with Crippen molar-refractivity contribution in [3.05, 3.63) is 48.4 Å². The van der Waals surface area contributed by atoms with Gasteiger partial charge in [-0.05, 0) is 23.1 Å². The summed E-state index contributed by atoms with van der Waals surface area (Å²) in [5, 5.41) is 2.95. The van der Waals surface area contributed by atoms with Crippen LogP contribution in [-0.4, -0.2) is 40.1 Å². The Morgan fingerprint density at radius 1 is 1.24 bits per heavy atom. The normalized spacial score (nSPS) is 17.4. The Morgan fingerprint density at radius 3 is 2.64 bits per heavy atom. The molecular weight excluding hydrogens is 316 g/mol. The van der Waals surface area contributed by atoms with Crippen LogP contribution in [0.3, 0.4) is 0 Å². The van der Waals surface area contributed by atoms with Crippen LogP contribution in [0.2, 0.25) is 0 Å². The monoisotopic (exact) mass is 340 g/mol. The molecule has 6 nitrogen and oxygen atoms in total. The standard InChI is InChI=1S/C19H24N4O2/c1-19(2,3)14-4-6-15(7-5-14)22-18(24)23-11-8-16(13-23)25-17-12-20-9-10-21-17/h4-7,9-10,12,16H,8,11,13H2,1-3H3,(H,22,24). The topological polar surface area (TPSA) is 67.4 Å². The molecule has 1 unspecified atom stereocenters. The Bertz CT molecular complexity index is 710. The summed E-state index contributed by atoms with van der Waals surface area (Å²) in [5.74, 6) is 0.493. The molecular formula is C19H24N4O2. The number of anilines is 1. The summed E-state index contributed by atoms with van der Waals surface area (Å²) in [6.07, 6.45) is 5.51. The van der Waals surface area contributed by atoms with E-state index in [4.69, 9.17) is 4.74 Å². The van der Waals surface area contributed by atoms with Gasteiger partial charge in [-0.2, -0.15) is 0 Å². The lowest BCUT2D eigenvalue weighted by atomic mass is 9.87. The average molecular weight is 340 g/mol. The second-order valence-corrected chi connectivity index (χ2v) is 7.28. The highest BCUT2D eigenvalue weighted by atomic mass is 16.5. The zero-order valence-electron chi connectivity index (χ0n) is 14.9. The van der Waals surface area contributed by atoms with Gasteiger partial charge in [0.2, 0.25) is 5.88 Å². The van der Waals surface area contributed by atoms with Crippen LogP contribution >= 0.6 is 0 Å². The Morgan fingerprint density at radius 2 is 2.00 bits per heavy atom. The molecule has 2 amide bonds. The van der Waals surface area contributed by atoms with Crippen LogP contribution in [0.15, 0.2) is 42.9 Å². The second-order valence-electron chi connectivity index (χ2n) is 7.28. The number of amides is 2. The number of carbonyl (C=O) groups is 1. The van der Waals surface area contributed by atoms with Gasteiger partial charge in [0.05, 0.1) is 12.7 Å². The van der Waals surface area contributed by atoms with Crippen molar-refractivity contribution in [3.8, 4) is 5.88 Å². The molecule has 132 valence electrons. The SMILES string of the molecule is CC(C)(C)c1ccc(NC(=O)N2CCC(Oc3cnccn3)C2)cc1. The Balaban J connectivity index is 1.54. The zero-order chi connectivity index (χ0) is 17.9. The number of ether oxygens (including phenoxy) is 1. The third-order valence-corrected chi connectivity index (χ3v) is 4.26. The van der Waals surface area contributed by atoms with Gasteiger partial charge in [0.15, 0.2) is 0 Å². The average Bonchev–Trinajstić information content (AvgIpc) is 3.04. The molecule has 1 atom stereocenters. The van der Waals surface area contributed by atoms with Gasteiger partial charge < -0.3 is 15.0 Å². The van der Waals surface area contributed by atoms with E-state index in [2.05, 4.69) is 48.2 Å². The van der Waals surface area contributed by atoms with Gasteiger partial charge in [0.1, 0.15) is 6.10 Å². The molecule has 0 aliphatic carbocycles. The fourth-order valence-corrected chi connectivity index (χ4v) is 2.78. The van der Waals surface area contributed by atoms with Crippen LogP contribution in [-0.2, 0) is 5.41 Å². The van der Waals surface area contributed by atoms with E-state index in [1.807, 2.05) is 12.1 Å².